The van der Waals surface area contributed by atoms with Gasteiger partial charge in [-0.25, -0.2) is 13.2 Å². The Morgan fingerprint density at radius 2 is 1.69 bits per heavy atom. The molecule has 0 aliphatic rings. The van der Waals surface area contributed by atoms with Crippen molar-refractivity contribution in [2.75, 3.05) is 5.75 Å². The predicted molar refractivity (Wildman–Crippen MR) is 49.2 cm³/mol. The molecule has 0 bridgehead atoms. The van der Waals surface area contributed by atoms with E-state index in [1.807, 2.05) is 0 Å². The molecule has 0 atom stereocenters. The average molecular weight is 204 g/mol. The Kier molecular flexibility index (Phi) is 3.42. The first-order valence-electron chi connectivity index (χ1n) is 3.57. The van der Waals surface area contributed by atoms with Crippen LogP contribution in [0.4, 0.5) is 13.2 Å². The Morgan fingerprint density at radius 1 is 1.15 bits per heavy atom. The highest BCUT2D eigenvalue weighted by molar-refractivity contribution is 7.80. The lowest BCUT2D eigenvalue weighted by molar-refractivity contribution is 0.447. The zero-order chi connectivity index (χ0) is 9.84. The topological polar surface area (TPSA) is 0 Å². The van der Waals surface area contributed by atoms with E-state index in [1.54, 1.807) is 6.08 Å². The first kappa shape index (κ1) is 10.2. The van der Waals surface area contributed by atoms with Gasteiger partial charge in [0.25, 0.3) is 0 Å². The molecular weight excluding hydrogens is 197 g/mol. The summed E-state index contributed by atoms with van der Waals surface area (Å²) in [5, 5.41) is 0. The van der Waals surface area contributed by atoms with Gasteiger partial charge in [0.2, 0.25) is 0 Å². The van der Waals surface area contributed by atoms with Gasteiger partial charge in [-0.3, -0.25) is 0 Å². The maximum absolute atomic E-state index is 12.6. The van der Waals surface area contributed by atoms with Gasteiger partial charge < -0.3 is 0 Å². The highest BCUT2D eigenvalue weighted by atomic mass is 32.1. The first-order valence-corrected chi connectivity index (χ1v) is 4.20. The molecule has 0 fully saturated rings. The number of hydrogen-bond acceptors (Lipinski definition) is 1. The van der Waals surface area contributed by atoms with Crippen molar-refractivity contribution >= 4 is 18.7 Å². The largest absolute Gasteiger partial charge is 0.204 e. The van der Waals surface area contributed by atoms with Gasteiger partial charge in [0, 0.05) is 5.75 Å². The molecule has 0 aliphatic carbocycles. The summed E-state index contributed by atoms with van der Waals surface area (Å²) in [4.78, 5) is 0. The maximum atomic E-state index is 12.6. The second kappa shape index (κ2) is 4.37. The predicted octanol–water partition coefficient (Wildman–Crippen LogP) is 3.05. The molecule has 1 rings (SSSR count). The molecule has 0 saturated carbocycles. The zero-order valence-electron chi connectivity index (χ0n) is 6.60. The van der Waals surface area contributed by atoms with Crippen molar-refractivity contribution in [2.45, 2.75) is 0 Å². The van der Waals surface area contributed by atoms with Gasteiger partial charge >= 0.3 is 0 Å². The van der Waals surface area contributed by atoms with E-state index < -0.39 is 17.5 Å². The van der Waals surface area contributed by atoms with Gasteiger partial charge in [0.05, 0.1) is 0 Å². The molecule has 4 heteroatoms. The first-order chi connectivity index (χ1) is 6.15. The van der Waals surface area contributed by atoms with Crippen LogP contribution in [0, 0.1) is 17.5 Å². The Hall–Kier alpha value is -0.900. The third-order valence-electron chi connectivity index (χ3n) is 1.42. The van der Waals surface area contributed by atoms with Crippen molar-refractivity contribution < 1.29 is 13.2 Å². The molecule has 13 heavy (non-hydrogen) atoms. The van der Waals surface area contributed by atoms with E-state index in [2.05, 4.69) is 12.6 Å². The minimum Gasteiger partial charge on any atom is -0.204 e. The SMILES string of the molecule is Fc1cc(C=CCS)cc(F)c1F. The van der Waals surface area contributed by atoms with Gasteiger partial charge in [0.1, 0.15) is 0 Å². The molecule has 0 nitrogen and oxygen atoms in total. The Morgan fingerprint density at radius 3 is 2.15 bits per heavy atom. The van der Waals surface area contributed by atoms with Gasteiger partial charge in [-0.1, -0.05) is 12.2 Å². The molecule has 0 heterocycles. The summed E-state index contributed by atoms with van der Waals surface area (Å²) in [5.41, 5.74) is 0.283. The Labute approximate surface area is 79.5 Å². The quantitative estimate of drug-likeness (QED) is 0.555. The normalized spacial score (nSPS) is 11.1. The summed E-state index contributed by atoms with van der Waals surface area (Å²) >= 11 is 3.87. The van der Waals surface area contributed by atoms with E-state index in [0.29, 0.717) is 5.75 Å². The van der Waals surface area contributed by atoms with E-state index >= 15 is 0 Å². The van der Waals surface area contributed by atoms with E-state index in [1.165, 1.54) is 6.08 Å². The standard InChI is InChI=1S/C9H7F3S/c10-7-4-6(2-1-3-13)5-8(11)9(7)12/h1-2,4-5,13H,3H2. The van der Waals surface area contributed by atoms with Crippen LogP contribution in [-0.2, 0) is 0 Å². The molecular formula is C9H7F3S. The van der Waals surface area contributed by atoms with Crippen molar-refractivity contribution in [3.63, 3.8) is 0 Å². The summed E-state index contributed by atoms with van der Waals surface area (Å²) in [6, 6.07) is 1.86. The van der Waals surface area contributed by atoms with Gasteiger partial charge in [-0.2, -0.15) is 12.6 Å². The summed E-state index contributed by atoms with van der Waals surface area (Å²) in [5.74, 6) is -3.35. The average Bonchev–Trinajstić information content (AvgIpc) is 2.10. The lowest BCUT2D eigenvalue weighted by atomic mass is 10.2. The van der Waals surface area contributed by atoms with Crippen LogP contribution >= 0.6 is 12.6 Å². The second-order valence-electron chi connectivity index (χ2n) is 2.38. The fraction of sp³-hybridized carbons (Fsp3) is 0.111. The van der Waals surface area contributed by atoms with Crippen molar-refractivity contribution in [2.24, 2.45) is 0 Å². The van der Waals surface area contributed by atoms with Crippen LogP contribution in [-0.4, -0.2) is 5.75 Å². The van der Waals surface area contributed by atoms with Gasteiger partial charge in [0.15, 0.2) is 17.5 Å². The lowest BCUT2D eigenvalue weighted by Gasteiger charge is -1.97. The van der Waals surface area contributed by atoms with Crippen molar-refractivity contribution in [3.05, 3.63) is 41.2 Å². The molecule has 0 saturated heterocycles. The number of thiol groups is 1. The van der Waals surface area contributed by atoms with Crippen LogP contribution in [0.25, 0.3) is 6.08 Å². The minimum atomic E-state index is -1.44. The van der Waals surface area contributed by atoms with Crippen LogP contribution < -0.4 is 0 Å². The smallest absolute Gasteiger partial charge is 0.194 e. The fourth-order valence-electron chi connectivity index (χ4n) is 0.860. The highest BCUT2D eigenvalue weighted by Gasteiger charge is 2.08. The van der Waals surface area contributed by atoms with E-state index in [4.69, 9.17) is 0 Å². The third kappa shape index (κ3) is 2.52. The molecule has 0 radical (unpaired) electrons. The molecule has 0 spiro atoms. The Balaban J connectivity index is 3.06. The summed E-state index contributed by atoms with van der Waals surface area (Å²) in [7, 11) is 0. The number of hydrogen-bond donors (Lipinski definition) is 1. The van der Waals surface area contributed by atoms with Crippen LogP contribution in [0.1, 0.15) is 5.56 Å². The molecule has 1 aromatic carbocycles. The summed E-state index contributed by atoms with van der Waals surface area (Å²) in [6.45, 7) is 0. The van der Waals surface area contributed by atoms with E-state index in [9.17, 15) is 13.2 Å². The van der Waals surface area contributed by atoms with Gasteiger partial charge in [-0.15, -0.1) is 0 Å². The molecule has 1 aromatic rings. The fourth-order valence-corrected chi connectivity index (χ4v) is 0.966. The minimum absolute atomic E-state index is 0.283. The van der Waals surface area contributed by atoms with E-state index in [0.717, 1.165) is 12.1 Å². The van der Waals surface area contributed by atoms with Crippen LogP contribution in [0.2, 0.25) is 0 Å². The molecule has 70 valence electrons. The second-order valence-corrected chi connectivity index (χ2v) is 2.75. The molecule has 0 N–H and O–H groups in total. The molecule has 0 aliphatic heterocycles. The van der Waals surface area contributed by atoms with Crippen LogP contribution in [0.3, 0.4) is 0 Å². The lowest BCUT2D eigenvalue weighted by Crippen LogP contribution is -1.90. The Bertz CT molecular complexity index is 311. The monoisotopic (exact) mass is 204 g/mol. The van der Waals surface area contributed by atoms with Gasteiger partial charge in [-0.05, 0) is 17.7 Å². The maximum Gasteiger partial charge on any atom is 0.194 e. The van der Waals surface area contributed by atoms with Crippen molar-refractivity contribution in [1.82, 2.24) is 0 Å². The highest BCUT2D eigenvalue weighted by Crippen LogP contribution is 2.14. The summed E-state index contributed by atoms with van der Waals surface area (Å²) < 4.78 is 37.6. The molecule has 0 amide bonds. The number of halogens is 3. The van der Waals surface area contributed by atoms with E-state index in [-0.39, 0.29) is 5.56 Å². The van der Waals surface area contributed by atoms with Crippen molar-refractivity contribution in [1.29, 1.82) is 0 Å². The number of rotatable bonds is 2. The zero-order valence-corrected chi connectivity index (χ0v) is 7.49. The van der Waals surface area contributed by atoms with Crippen molar-refractivity contribution in [3.8, 4) is 0 Å². The molecule has 0 unspecified atom stereocenters. The summed E-state index contributed by atoms with van der Waals surface area (Å²) in [6.07, 6.45) is 3.08. The third-order valence-corrected chi connectivity index (χ3v) is 1.63. The molecule has 0 aromatic heterocycles. The van der Waals surface area contributed by atoms with Crippen LogP contribution in [0.15, 0.2) is 18.2 Å². The number of benzene rings is 1. The van der Waals surface area contributed by atoms with Crippen LogP contribution in [0.5, 0.6) is 0 Å².